The highest BCUT2D eigenvalue weighted by Gasteiger charge is 2.09. The van der Waals surface area contributed by atoms with E-state index in [2.05, 4.69) is 55.3 Å². The van der Waals surface area contributed by atoms with Gasteiger partial charge in [-0.2, -0.15) is 0 Å². The molecule has 0 atom stereocenters. The minimum atomic E-state index is 0.473. The molecule has 0 fully saturated rings. The molecule has 0 spiro atoms. The van der Waals surface area contributed by atoms with Crippen LogP contribution in [0.5, 0.6) is 0 Å². The molecule has 20 heavy (non-hydrogen) atoms. The van der Waals surface area contributed by atoms with Gasteiger partial charge < -0.3 is 9.73 Å². The number of nitrogens with zero attached hydrogens (tertiary/aromatic N) is 2. The third kappa shape index (κ3) is 3.90. The third-order valence-electron chi connectivity index (χ3n) is 3.18. The fourth-order valence-corrected chi connectivity index (χ4v) is 1.95. The van der Waals surface area contributed by atoms with Crippen LogP contribution in [0.2, 0.25) is 0 Å². The van der Waals surface area contributed by atoms with E-state index in [1.165, 1.54) is 5.56 Å². The molecule has 1 heterocycles. The molecular weight excluding hydrogens is 250 g/mol. The van der Waals surface area contributed by atoms with Crippen molar-refractivity contribution in [1.29, 1.82) is 0 Å². The first-order chi connectivity index (χ1) is 9.56. The first kappa shape index (κ1) is 14.7. The van der Waals surface area contributed by atoms with E-state index in [0.29, 0.717) is 23.7 Å². The van der Waals surface area contributed by atoms with E-state index < -0.39 is 0 Å². The second-order valence-corrected chi connectivity index (χ2v) is 5.64. The lowest BCUT2D eigenvalue weighted by Gasteiger charge is -2.05. The van der Waals surface area contributed by atoms with Gasteiger partial charge in [0.15, 0.2) is 0 Å². The average molecular weight is 273 g/mol. The smallest absolute Gasteiger partial charge is 0.247 e. The molecule has 0 aliphatic carbocycles. The van der Waals surface area contributed by atoms with Crippen molar-refractivity contribution in [2.24, 2.45) is 0 Å². The molecule has 4 heteroatoms. The summed E-state index contributed by atoms with van der Waals surface area (Å²) in [6.45, 7) is 9.46. The Morgan fingerprint density at radius 3 is 2.35 bits per heavy atom. The standard InChI is InChI=1S/C16H23N3O/c1-11(2)13-5-7-14(8-6-13)16-19-18-15(20-16)9-10-17-12(3)4/h5-8,11-12,17H,9-10H2,1-4H3. The van der Waals surface area contributed by atoms with Crippen LogP contribution in [-0.2, 0) is 6.42 Å². The molecule has 1 aromatic carbocycles. The highest BCUT2D eigenvalue weighted by atomic mass is 16.4. The van der Waals surface area contributed by atoms with Gasteiger partial charge in [-0.3, -0.25) is 0 Å². The molecule has 0 aliphatic heterocycles. The molecular formula is C16H23N3O. The molecule has 1 aromatic heterocycles. The number of hydrogen-bond acceptors (Lipinski definition) is 4. The summed E-state index contributed by atoms with van der Waals surface area (Å²) in [5.74, 6) is 1.81. The Morgan fingerprint density at radius 1 is 1.05 bits per heavy atom. The topological polar surface area (TPSA) is 51.0 Å². The summed E-state index contributed by atoms with van der Waals surface area (Å²) < 4.78 is 5.69. The van der Waals surface area contributed by atoms with Gasteiger partial charge in [0.2, 0.25) is 11.8 Å². The van der Waals surface area contributed by atoms with Crippen LogP contribution in [0.25, 0.3) is 11.5 Å². The normalized spacial score (nSPS) is 11.5. The number of aromatic nitrogens is 2. The Balaban J connectivity index is 2.01. The zero-order valence-electron chi connectivity index (χ0n) is 12.7. The van der Waals surface area contributed by atoms with Crippen LogP contribution >= 0.6 is 0 Å². The van der Waals surface area contributed by atoms with Crippen molar-refractivity contribution in [2.75, 3.05) is 6.54 Å². The van der Waals surface area contributed by atoms with Gasteiger partial charge in [-0.1, -0.05) is 39.8 Å². The lowest BCUT2D eigenvalue weighted by Crippen LogP contribution is -2.25. The van der Waals surface area contributed by atoms with Crippen molar-refractivity contribution >= 4 is 0 Å². The maximum Gasteiger partial charge on any atom is 0.247 e. The maximum absolute atomic E-state index is 5.69. The Bertz CT molecular complexity index is 529. The number of benzene rings is 1. The van der Waals surface area contributed by atoms with E-state index in [-0.39, 0.29) is 0 Å². The zero-order chi connectivity index (χ0) is 14.5. The van der Waals surface area contributed by atoms with Crippen molar-refractivity contribution in [1.82, 2.24) is 15.5 Å². The summed E-state index contributed by atoms with van der Waals surface area (Å²) in [4.78, 5) is 0. The fraction of sp³-hybridized carbons (Fsp3) is 0.500. The molecule has 0 amide bonds. The minimum Gasteiger partial charge on any atom is -0.421 e. The SMILES string of the molecule is CC(C)NCCc1nnc(-c2ccc(C(C)C)cc2)o1. The van der Waals surface area contributed by atoms with Crippen molar-refractivity contribution < 1.29 is 4.42 Å². The summed E-state index contributed by atoms with van der Waals surface area (Å²) in [5, 5.41) is 11.5. The van der Waals surface area contributed by atoms with Crippen molar-refractivity contribution in [2.45, 2.75) is 46.1 Å². The molecule has 0 aliphatic rings. The van der Waals surface area contributed by atoms with Crippen molar-refractivity contribution in [3.05, 3.63) is 35.7 Å². The van der Waals surface area contributed by atoms with Crippen LogP contribution in [-0.4, -0.2) is 22.8 Å². The van der Waals surface area contributed by atoms with E-state index in [1.807, 2.05) is 12.1 Å². The molecule has 0 saturated carbocycles. The Kier molecular flexibility index (Phi) is 4.90. The highest BCUT2D eigenvalue weighted by molar-refractivity contribution is 5.53. The largest absolute Gasteiger partial charge is 0.421 e. The van der Waals surface area contributed by atoms with Crippen LogP contribution in [0.15, 0.2) is 28.7 Å². The van der Waals surface area contributed by atoms with E-state index in [0.717, 1.165) is 18.5 Å². The predicted molar refractivity (Wildman–Crippen MR) is 80.7 cm³/mol. The van der Waals surface area contributed by atoms with Crippen LogP contribution in [0.1, 0.15) is 45.1 Å². The van der Waals surface area contributed by atoms with Crippen LogP contribution in [0.3, 0.4) is 0 Å². The first-order valence-corrected chi connectivity index (χ1v) is 7.22. The van der Waals surface area contributed by atoms with Crippen molar-refractivity contribution in [3.8, 4) is 11.5 Å². The van der Waals surface area contributed by atoms with Crippen LogP contribution in [0, 0.1) is 0 Å². The molecule has 4 nitrogen and oxygen atoms in total. The summed E-state index contributed by atoms with van der Waals surface area (Å²) in [6, 6.07) is 8.78. The quantitative estimate of drug-likeness (QED) is 0.876. The molecule has 2 rings (SSSR count). The van der Waals surface area contributed by atoms with Gasteiger partial charge in [-0.05, 0) is 23.6 Å². The molecule has 0 saturated heterocycles. The van der Waals surface area contributed by atoms with Gasteiger partial charge in [0, 0.05) is 24.6 Å². The Morgan fingerprint density at radius 2 is 1.75 bits per heavy atom. The summed E-state index contributed by atoms with van der Waals surface area (Å²) in [7, 11) is 0. The van der Waals surface area contributed by atoms with Crippen LogP contribution in [0.4, 0.5) is 0 Å². The maximum atomic E-state index is 5.69. The van der Waals surface area contributed by atoms with Gasteiger partial charge in [0.05, 0.1) is 0 Å². The van der Waals surface area contributed by atoms with Gasteiger partial charge >= 0.3 is 0 Å². The summed E-state index contributed by atoms with van der Waals surface area (Å²) in [5.41, 5.74) is 2.29. The number of hydrogen-bond donors (Lipinski definition) is 1. The van der Waals surface area contributed by atoms with E-state index in [9.17, 15) is 0 Å². The van der Waals surface area contributed by atoms with Crippen molar-refractivity contribution in [3.63, 3.8) is 0 Å². The van der Waals surface area contributed by atoms with Gasteiger partial charge in [0.25, 0.3) is 0 Å². The lowest BCUT2D eigenvalue weighted by molar-refractivity contribution is 0.484. The fourth-order valence-electron chi connectivity index (χ4n) is 1.95. The number of nitrogens with one attached hydrogen (secondary N) is 1. The average Bonchev–Trinajstić information content (AvgIpc) is 2.87. The lowest BCUT2D eigenvalue weighted by atomic mass is 10.0. The molecule has 0 bridgehead atoms. The first-order valence-electron chi connectivity index (χ1n) is 7.22. The molecule has 2 aromatic rings. The summed E-state index contributed by atoms with van der Waals surface area (Å²) in [6.07, 6.45) is 0.759. The molecule has 108 valence electrons. The van der Waals surface area contributed by atoms with E-state index in [4.69, 9.17) is 4.42 Å². The number of rotatable bonds is 6. The van der Waals surface area contributed by atoms with Crippen LogP contribution < -0.4 is 5.32 Å². The second-order valence-electron chi connectivity index (χ2n) is 5.64. The summed E-state index contributed by atoms with van der Waals surface area (Å²) >= 11 is 0. The third-order valence-corrected chi connectivity index (χ3v) is 3.18. The van der Waals surface area contributed by atoms with E-state index in [1.54, 1.807) is 0 Å². The van der Waals surface area contributed by atoms with Gasteiger partial charge in [-0.15, -0.1) is 10.2 Å². The second kappa shape index (κ2) is 6.66. The minimum absolute atomic E-state index is 0.473. The van der Waals surface area contributed by atoms with Gasteiger partial charge in [-0.25, -0.2) is 0 Å². The highest BCUT2D eigenvalue weighted by Crippen LogP contribution is 2.21. The molecule has 0 radical (unpaired) electrons. The van der Waals surface area contributed by atoms with E-state index >= 15 is 0 Å². The zero-order valence-corrected chi connectivity index (χ0v) is 12.7. The van der Waals surface area contributed by atoms with Gasteiger partial charge in [0.1, 0.15) is 0 Å². The molecule has 1 N–H and O–H groups in total. The monoisotopic (exact) mass is 273 g/mol. The Labute approximate surface area is 120 Å². The molecule has 0 unspecified atom stereocenters. The predicted octanol–water partition coefficient (Wildman–Crippen LogP) is 3.40. The Hall–Kier alpha value is -1.68.